The maximum absolute atomic E-state index is 11.8. The van der Waals surface area contributed by atoms with E-state index in [9.17, 15) is 19.8 Å². The molecule has 1 heterocycles. The number of hydrogen-bond acceptors (Lipinski definition) is 11. The van der Waals surface area contributed by atoms with Crippen molar-refractivity contribution >= 4 is 35.1 Å². The number of nitriles is 1. The number of aromatic hydroxyl groups is 1. The van der Waals surface area contributed by atoms with E-state index in [1.807, 2.05) is 4.98 Å². The van der Waals surface area contributed by atoms with Gasteiger partial charge in [-0.25, -0.2) is 10.1 Å². The molecule has 0 amide bonds. The maximum atomic E-state index is 11.8. The Labute approximate surface area is 148 Å². The Kier molecular flexibility index (Phi) is 5.88. The lowest BCUT2D eigenvalue weighted by Gasteiger charge is -2.04. The van der Waals surface area contributed by atoms with Crippen LogP contribution in [-0.4, -0.2) is 26.4 Å². The largest absolute Gasteiger partial charge is 0.494 e. The summed E-state index contributed by atoms with van der Waals surface area (Å²) in [6, 6.07) is 5.39. The van der Waals surface area contributed by atoms with Crippen molar-refractivity contribution in [3.05, 3.63) is 39.7 Å². The van der Waals surface area contributed by atoms with Gasteiger partial charge in [-0.1, -0.05) is 5.04 Å². The number of aromatic amines is 1. The summed E-state index contributed by atoms with van der Waals surface area (Å²) in [5.41, 5.74) is 2.99. The molecule has 0 fully saturated rings. The van der Waals surface area contributed by atoms with Gasteiger partial charge in [0.25, 0.3) is 5.56 Å². The summed E-state index contributed by atoms with van der Waals surface area (Å²) in [5.74, 6) is -2.07. The number of nitrogens with one attached hydrogen (secondary N) is 1. The zero-order chi connectivity index (χ0) is 19.3. The quantitative estimate of drug-likeness (QED) is 0.214. The number of azo groups is 1. The molecule has 1 aromatic carbocycles. The van der Waals surface area contributed by atoms with E-state index in [0.29, 0.717) is 12.0 Å². The SMILES string of the molecule is N#Cc1c(O)[nH]c(=O)c(N=Nc2ccc(SOOO)cc2C(=O)O)c1N. The van der Waals surface area contributed by atoms with Crippen molar-refractivity contribution < 1.29 is 29.6 Å². The molecule has 0 aliphatic carbocycles. The van der Waals surface area contributed by atoms with Crippen molar-refractivity contribution in [3.63, 3.8) is 0 Å². The highest BCUT2D eigenvalue weighted by Crippen LogP contribution is 2.30. The van der Waals surface area contributed by atoms with Crippen LogP contribution in [0.5, 0.6) is 5.88 Å². The van der Waals surface area contributed by atoms with E-state index in [0.717, 1.165) is 6.07 Å². The van der Waals surface area contributed by atoms with Crippen LogP contribution >= 0.6 is 12.0 Å². The van der Waals surface area contributed by atoms with E-state index in [2.05, 4.69) is 19.6 Å². The Morgan fingerprint density at radius 1 is 1.38 bits per heavy atom. The standard InChI is InChI=1S/C13H9N5O7S/c14-4-7-9(15)10(12(20)16-11(7)19)18-17-8-2-1-5(26-25-24-23)3-6(8)13(21)22/h1-3,23H,(H,21,22)(H4,15,16,19,20). The molecule has 0 radical (unpaired) electrons. The lowest BCUT2D eigenvalue weighted by molar-refractivity contribution is -0.432. The van der Waals surface area contributed by atoms with Gasteiger partial charge in [0.1, 0.15) is 17.3 Å². The number of anilines is 1. The molecule has 0 atom stereocenters. The van der Waals surface area contributed by atoms with Gasteiger partial charge in [-0.2, -0.15) is 5.26 Å². The number of carbonyl (C=O) groups is 1. The highest BCUT2D eigenvalue weighted by molar-refractivity contribution is 7.94. The number of carboxylic acid groups (broad SMARTS) is 1. The molecule has 12 nitrogen and oxygen atoms in total. The predicted octanol–water partition coefficient (Wildman–Crippen LogP) is 2.08. The highest BCUT2D eigenvalue weighted by Gasteiger charge is 2.16. The van der Waals surface area contributed by atoms with Crippen molar-refractivity contribution in [3.8, 4) is 11.9 Å². The third kappa shape index (κ3) is 3.96. The first kappa shape index (κ1) is 18.9. The fourth-order valence-corrected chi connectivity index (χ4v) is 2.19. The van der Waals surface area contributed by atoms with Crippen molar-refractivity contribution in [2.24, 2.45) is 10.2 Å². The van der Waals surface area contributed by atoms with Crippen LogP contribution in [0.15, 0.2) is 38.1 Å². The molecule has 6 N–H and O–H groups in total. The van der Waals surface area contributed by atoms with Crippen LogP contribution in [-0.2, 0) is 9.37 Å². The van der Waals surface area contributed by atoms with Crippen LogP contribution in [0.1, 0.15) is 15.9 Å². The predicted molar refractivity (Wildman–Crippen MR) is 86.1 cm³/mol. The minimum absolute atomic E-state index is 0.128. The monoisotopic (exact) mass is 379 g/mol. The number of nitrogens with zero attached hydrogens (tertiary/aromatic N) is 3. The number of benzene rings is 1. The van der Waals surface area contributed by atoms with Gasteiger partial charge in [0, 0.05) is 4.90 Å². The number of H-pyrrole nitrogens is 1. The Bertz CT molecular complexity index is 982. The smallest absolute Gasteiger partial charge is 0.338 e. The van der Waals surface area contributed by atoms with Crippen LogP contribution in [0.3, 0.4) is 0 Å². The molecule has 0 aliphatic heterocycles. The zero-order valence-corrected chi connectivity index (χ0v) is 13.4. The first-order chi connectivity index (χ1) is 12.4. The molecule has 0 saturated carbocycles. The summed E-state index contributed by atoms with van der Waals surface area (Å²) >= 11 is 0.540. The first-order valence-electron chi connectivity index (χ1n) is 6.47. The maximum Gasteiger partial charge on any atom is 0.338 e. The van der Waals surface area contributed by atoms with Gasteiger partial charge < -0.3 is 15.9 Å². The van der Waals surface area contributed by atoms with Gasteiger partial charge in [-0.15, -0.1) is 14.6 Å². The molecule has 0 saturated heterocycles. The number of nitrogens with two attached hydrogens (primary N) is 1. The fourth-order valence-electron chi connectivity index (χ4n) is 1.79. The number of nitrogen functional groups attached to an aromatic ring is 1. The molecule has 0 unspecified atom stereocenters. The van der Waals surface area contributed by atoms with E-state index in [1.165, 1.54) is 12.1 Å². The van der Waals surface area contributed by atoms with Crippen molar-refractivity contribution in [1.29, 1.82) is 5.26 Å². The Balaban J connectivity index is 2.47. The Morgan fingerprint density at radius 2 is 2.12 bits per heavy atom. The van der Waals surface area contributed by atoms with Gasteiger partial charge in [0.2, 0.25) is 5.88 Å². The van der Waals surface area contributed by atoms with Gasteiger partial charge in [-0.3, -0.25) is 9.78 Å². The van der Waals surface area contributed by atoms with Crippen LogP contribution in [0.25, 0.3) is 0 Å². The molecular weight excluding hydrogens is 370 g/mol. The van der Waals surface area contributed by atoms with Gasteiger partial charge in [-0.05, 0) is 18.2 Å². The van der Waals surface area contributed by atoms with Gasteiger partial charge in [0.05, 0.1) is 23.3 Å². The molecule has 0 spiro atoms. The van der Waals surface area contributed by atoms with E-state index in [4.69, 9.17) is 16.3 Å². The van der Waals surface area contributed by atoms with E-state index in [1.54, 1.807) is 6.07 Å². The van der Waals surface area contributed by atoms with Crippen molar-refractivity contribution in [2.75, 3.05) is 5.73 Å². The summed E-state index contributed by atoms with van der Waals surface area (Å²) in [5, 5.41) is 46.4. The molecule has 134 valence electrons. The second kappa shape index (κ2) is 8.09. The summed E-state index contributed by atoms with van der Waals surface area (Å²) in [6.45, 7) is 0. The molecule has 26 heavy (non-hydrogen) atoms. The average molecular weight is 379 g/mol. The normalized spacial score (nSPS) is 10.8. The average Bonchev–Trinajstić information content (AvgIpc) is 2.60. The van der Waals surface area contributed by atoms with Crippen LogP contribution in [0, 0.1) is 11.3 Å². The number of carboxylic acids is 1. The molecule has 1 aromatic heterocycles. The molecule has 0 aliphatic rings. The fraction of sp³-hybridized carbons (Fsp3) is 0. The Hall–Kier alpha value is -3.44. The van der Waals surface area contributed by atoms with Gasteiger partial charge >= 0.3 is 5.97 Å². The topological polar surface area (TPSA) is 204 Å². The third-order valence-corrected chi connectivity index (χ3v) is 3.51. The van der Waals surface area contributed by atoms with E-state index < -0.39 is 34.3 Å². The summed E-state index contributed by atoms with van der Waals surface area (Å²) in [6.07, 6.45) is 0. The second-order valence-electron chi connectivity index (χ2n) is 4.46. The lowest BCUT2D eigenvalue weighted by atomic mass is 10.2. The van der Waals surface area contributed by atoms with Crippen LogP contribution in [0.4, 0.5) is 17.1 Å². The number of pyridine rings is 1. The second-order valence-corrected chi connectivity index (χ2v) is 5.24. The number of aromatic nitrogens is 1. The number of hydrogen-bond donors (Lipinski definition) is 5. The van der Waals surface area contributed by atoms with Crippen LogP contribution in [0.2, 0.25) is 0 Å². The summed E-state index contributed by atoms with van der Waals surface area (Å²) < 4.78 is 4.20. The van der Waals surface area contributed by atoms with E-state index in [-0.39, 0.29) is 16.1 Å². The molecule has 2 rings (SSSR count). The lowest BCUT2D eigenvalue weighted by Crippen LogP contribution is -2.09. The molecule has 0 bridgehead atoms. The molecular formula is C13H9N5O7S. The van der Waals surface area contributed by atoms with Crippen LogP contribution < -0.4 is 11.3 Å². The van der Waals surface area contributed by atoms with Gasteiger partial charge in [0.15, 0.2) is 5.69 Å². The number of rotatable bonds is 6. The van der Waals surface area contributed by atoms with Crippen molar-refractivity contribution in [2.45, 2.75) is 4.90 Å². The molecule has 2 aromatic rings. The minimum atomic E-state index is -1.35. The first-order valence-corrected chi connectivity index (χ1v) is 7.21. The highest BCUT2D eigenvalue weighted by atomic mass is 32.2. The number of aromatic carboxylic acids is 1. The van der Waals surface area contributed by atoms with Crippen molar-refractivity contribution in [1.82, 2.24) is 4.98 Å². The Morgan fingerprint density at radius 3 is 2.73 bits per heavy atom. The van der Waals surface area contributed by atoms with E-state index >= 15 is 0 Å². The molecule has 13 heteroatoms. The minimum Gasteiger partial charge on any atom is -0.494 e. The zero-order valence-electron chi connectivity index (χ0n) is 12.5. The summed E-state index contributed by atoms with van der Waals surface area (Å²) in [7, 11) is 0. The third-order valence-electron chi connectivity index (χ3n) is 2.94. The summed E-state index contributed by atoms with van der Waals surface area (Å²) in [4.78, 5) is 25.4.